The van der Waals surface area contributed by atoms with Crippen LogP contribution in [0.1, 0.15) is 17.1 Å². The monoisotopic (exact) mass is 281 g/mol. The Morgan fingerprint density at radius 1 is 1.00 bits per heavy atom. The van der Waals surface area contributed by atoms with Gasteiger partial charge in [-0.25, -0.2) is 4.98 Å². The Bertz CT molecular complexity index is 865. The SMILES string of the molecule is Cc1ccc2cc(-c3nc(C)c(C)[nH]c3=S)ccc2n1. The van der Waals surface area contributed by atoms with Crippen LogP contribution in [0, 0.1) is 25.4 Å². The highest BCUT2D eigenvalue weighted by atomic mass is 32.1. The van der Waals surface area contributed by atoms with Crippen molar-refractivity contribution in [3.8, 4) is 11.3 Å². The first-order valence-corrected chi connectivity index (χ1v) is 6.91. The Kier molecular flexibility index (Phi) is 3.10. The largest absolute Gasteiger partial charge is 0.347 e. The Balaban J connectivity index is 2.22. The number of rotatable bonds is 1. The maximum Gasteiger partial charge on any atom is 0.130 e. The van der Waals surface area contributed by atoms with Crippen molar-refractivity contribution in [2.75, 3.05) is 0 Å². The van der Waals surface area contributed by atoms with E-state index in [2.05, 4.69) is 27.1 Å². The van der Waals surface area contributed by atoms with Gasteiger partial charge in [0.2, 0.25) is 0 Å². The van der Waals surface area contributed by atoms with Crippen LogP contribution < -0.4 is 0 Å². The predicted octanol–water partition coefficient (Wildman–Crippen LogP) is 4.28. The third-order valence-electron chi connectivity index (χ3n) is 3.44. The lowest BCUT2D eigenvalue weighted by molar-refractivity contribution is 1.04. The average Bonchev–Trinajstić information content (AvgIpc) is 2.42. The Morgan fingerprint density at radius 3 is 2.60 bits per heavy atom. The van der Waals surface area contributed by atoms with E-state index >= 15 is 0 Å². The minimum Gasteiger partial charge on any atom is -0.347 e. The molecule has 2 heterocycles. The smallest absolute Gasteiger partial charge is 0.130 e. The van der Waals surface area contributed by atoms with Gasteiger partial charge in [0.1, 0.15) is 10.3 Å². The maximum atomic E-state index is 5.39. The molecule has 0 saturated carbocycles. The fourth-order valence-electron chi connectivity index (χ4n) is 2.19. The summed E-state index contributed by atoms with van der Waals surface area (Å²) in [4.78, 5) is 12.3. The zero-order valence-electron chi connectivity index (χ0n) is 11.7. The van der Waals surface area contributed by atoms with E-state index in [9.17, 15) is 0 Å². The second kappa shape index (κ2) is 4.80. The lowest BCUT2D eigenvalue weighted by Crippen LogP contribution is -1.96. The number of H-pyrrole nitrogens is 1. The Labute approximate surface area is 122 Å². The number of hydrogen-bond donors (Lipinski definition) is 1. The fraction of sp³-hybridized carbons (Fsp3) is 0.188. The van der Waals surface area contributed by atoms with Crippen molar-refractivity contribution in [3.05, 3.63) is 52.1 Å². The van der Waals surface area contributed by atoms with Gasteiger partial charge in [-0.15, -0.1) is 0 Å². The van der Waals surface area contributed by atoms with E-state index in [0.717, 1.165) is 39.2 Å². The normalized spacial score (nSPS) is 10.9. The second-order valence-electron chi connectivity index (χ2n) is 4.99. The van der Waals surface area contributed by atoms with E-state index in [1.165, 1.54) is 0 Å². The quantitative estimate of drug-likeness (QED) is 0.677. The molecule has 0 aliphatic carbocycles. The van der Waals surface area contributed by atoms with Crippen molar-refractivity contribution < 1.29 is 0 Å². The van der Waals surface area contributed by atoms with Crippen LogP contribution in [0.15, 0.2) is 30.3 Å². The van der Waals surface area contributed by atoms with E-state index in [1.807, 2.05) is 39.0 Å². The molecule has 0 fully saturated rings. The Morgan fingerprint density at radius 2 is 1.80 bits per heavy atom. The van der Waals surface area contributed by atoms with Gasteiger partial charge in [-0.05, 0) is 39.0 Å². The van der Waals surface area contributed by atoms with Crippen molar-refractivity contribution in [2.24, 2.45) is 0 Å². The summed E-state index contributed by atoms with van der Waals surface area (Å²) in [7, 11) is 0. The molecule has 1 N–H and O–H groups in total. The predicted molar refractivity (Wildman–Crippen MR) is 84.4 cm³/mol. The number of aromatic amines is 1. The molecule has 0 saturated heterocycles. The van der Waals surface area contributed by atoms with E-state index in [0.29, 0.717) is 4.64 Å². The molecule has 100 valence electrons. The lowest BCUT2D eigenvalue weighted by atomic mass is 10.1. The molecule has 1 aromatic carbocycles. The molecule has 3 aromatic rings. The van der Waals surface area contributed by atoms with Crippen LogP contribution in [0.4, 0.5) is 0 Å². The summed E-state index contributed by atoms with van der Waals surface area (Å²) in [6.45, 7) is 5.96. The first kappa shape index (κ1) is 12.9. The highest BCUT2D eigenvalue weighted by Crippen LogP contribution is 2.23. The van der Waals surface area contributed by atoms with E-state index in [1.54, 1.807) is 0 Å². The molecule has 0 aliphatic heterocycles. The zero-order chi connectivity index (χ0) is 14.3. The summed E-state index contributed by atoms with van der Waals surface area (Å²) in [5.74, 6) is 0. The van der Waals surface area contributed by atoms with Crippen molar-refractivity contribution in [2.45, 2.75) is 20.8 Å². The summed E-state index contributed by atoms with van der Waals surface area (Å²) < 4.78 is 0.674. The second-order valence-corrected chi connectivity index (χ2v) is 5.39. The molecule has 3 rings (SSSR count). The van der Waals surface area contributed by atoms with Crippen LogP contribution in [0.5, 0.6) is 0 Å². The van der Waals surface area contributed by atoms with Gasteiger partial charge >= 0.3 is 0 Å². The number of nitrogens with one attached hydrogen (secondary N) is 1. The molecule has 0 unspecified atom stereocenters. The molecule has 0 bridgehead atoms. The maximum absolute atomic E-state index is 5.39. The van der Waals surface area contributed by atoms with Gasteiger partial charge in [-0.2, -0.15) is 0 Å². The van der Waals surface area contributed by atoms with Gasteiger partial charge < -0.3 is 4.98 Å². The summed E-state index contributed by atoms with van der Waals surface area (Å²) in [5, 5.41) is 1.10. The van der Waals surface area contributed by atoms with Crippen LogP contribution in [-0.4, -0.2) is 15.0 Å². The van der Waals surface area contributed by atoms with Crippen molar-refractivity contribution in [1.82, 2.24) is 15.0 Å². The first-order valence-electron chi connectivity index (χ1n) is 6.50. The van der Waals surface area contributed by atoms with Gasteiger partial charge in [0.25, 0.3) is 0 Å². The van der Waals surface area contributed by atoms with Crippen molar-refractivity contribution in [3.63, 3.8) is 0 Å². The highest BCUT2D eigenvalue weighted by molar-refractivity contribution is 7.71. The van der Waals surface area contributed by atoms with Gasteiger partial charge in [-0.1, -0.05) is 24.4 Å². The molecule has 3 nitrogen and oxygen atoms in total. The first-order chi connectivity index (χ1) is 9.54. The minimum atomic E-state index is 0.674. The molecular formula is C16H15N3S. The van der Waals surface area contributed by atoms with Crippen molar-refractivity contribution >= 4 is 23.1 Å². The number of pyridine rings is 1. The molecule has 4 heteroatoms. The average molecular weight is 281 g/mol. The number of hydrogen-bond acceptors (Lipinski definition) is 3. The molecule has 0 amide bonds. The molecule has 0 aliphatic rings. The fourth-order valence-corrected chi connectivity index (χ4v) is 2.51. The van der Waals surface area contributed by atoms with Crippen molar-refractivity contribution in [1.29, 1.82) is 0 Å². The summed E-state index contributed by atoms with van der Waals surface area (Å²) >= 11 is 5.39. The van der Waals surface area contributed by atoms with Gasteiger partial charge in [-0.3, -0.25) is 4.98 Å². The standard InChI is InChI=1S/C16H15N3S/c1-9-4-5-12-8-13(6-7-14(12)17-9)15-16(20)19-11(3)10(2)18-15/h4-8H,1-3H3,(H,19,20). The lowest BCUT2D eigenvalue weighted by Gasteiger charge is -2.07. The van der Waals surface area contributed by atoms with Crippen LogP contribution in [-0.2, 0) is 0 Å². The van der Waals surface area contributed by atoms with Crippen LogP contribution in [0.3, 0.4) is 0 Å². The third kappa shape index (κ3) is 2.23. The zero-order valence-corrected chi connectivity index (χ0v) is 12.5. The Hall–Kier alpha value is -2.07. The molecule has 0 atom stereocenters. The number of aryl methyl sites for hydroxylation is 3. The number of aromatic nitrogens is 3. The minimum absolute atomic E-state index is 0.674. The molecule has 0 spiro atoms. The number of benzene rings is 1. The van der Waals surface area contributed by atoms with Crippen LogP contribution in [0.25, 0.3) is 22.2 Å². The van der Waals surface area contributed by atoms with E-state index < -0.39 is 0 Å². The van der Waals surface area contributed by atoms with Gasteiger partial charge in [0.05, 0.1) is 11.2 Å². The van der Waals surface area contributed by atoms with Gasteiger partial charge in [0.15, 0.2) is 0 Å². The summed E-state index contributed by atoms with van der Waals surface area (Å²) in [5.41, 5.74) is 5.84. The number of nitrogens with zero attached hydrogens (tertiary/aromatic N) is 2. The van der Waals surface area contributed by atoms with Crippen LogP contribution >= 0.6 is 12.2 Å². The molecule has 2 aromatic heterocycles. The summed E-state index contributed by atoms with van der Waals surface area (Å²) in [6.07, 6.45) is 0. The topological polar surface area (TPSA) is 41.6 Å². The van der Waals surface area contributed by atoms with Crippen LogP contribution in [0.2, 0.25) is 0 Å². The van der Waals surface area contributed by atoms with Gasteiger partial charge in [0, 0.05) is 22.3 Å². The summed E-state index contributed by atoms with van der Waals surface area (Å²) in [6, 6.07) is 10.2. The molecule has 20 heavy (non-hydrogen) atoms. The van der Waals surface area contributed by atoms with E-state index in [4.69, 9.17) is 12.2 Å². The van der Waals surface area contributed by atoms with E-state index in [-0.39, 0.29) is 0 Å². The molecular weight excluding hydrogens is 266 g/mol. The number of fused-ring (bicyclic) bond motifs is 1. The highest BCUT2D eigenvalue weighted by Gasteiger charge is 2.06. The third-order valence-corrected chi connectivity index (χ3v) is 3.74. The molecule has 0 radical (unpaired) electrons.